The lowest BCUT2D eigenvalue weighted by atomic mass is 9.85. The van der Waals surface area contributed by atoms with Crippen molar-refractivity contribution < 1.29 is 17.9 Å². The topological polar surface area (TPSA) is 87.7 Å². The maximum Gasteiger partial charge on any atom is 0.240 e. The molecule has 0 spiro atoms. The Hall–Kier alpha value is -0.700. The fraction of sp³-hybridized carbons (Fsp3) is 0.941. The Morgan fingerprint density at radius 1 is 1.08 bits per heavy atom. The molecule has 3 aliphatic heterocycles. The van der Waals surface area contributed by atoms with Crippen LogP contribution in [0.1, 0.15) is 51.4 Å². The molecule has 1 aliphatic carbocycles. The Labute approximate surface area is 149 Å². The molecule has 3 heterocycles. The Kier molecular flexibility index (Phi) is 4.81. The van der Waals surface area contributed by atoms with Crippen LogP contribution < -0.4 is 10.0 Å². The van der Waals surface area contributed by atoms with E-state index in [-0.39, 0.29) is 17.2 Å². The van der Waals surface area contributed by atoms with E-state index in [0.29, 0.717) is 45.1 Å². The third-order valence-corrected chi connectivity index (χ3v) is 8.18. The fourth-order valence-corrected chi connectivity index (χ4v) is 6.25. The summed E-state index contributed by atoms with van der Waals surface area (Å²) in [5, 5.41) is 2.79. The zero-order chi connectivity index (χ0) is 17.5. The minimum absolute atomic E-state index is 0.113. The van der Waals surface area contributed by atoms with E-state index < -0.39 is 15.6 Å². The van der Waals surface area contributed by atoms with E-state index in [4.69, 9.17) is 4.74 Å². The molecule has 8 heteroatoms. The van der Waals surface area contributed by atoms with Gasteiger partial charge < -0.3 is 10.1 Å². The van der Waals surface area contributed by atoms with Gasteiger partial charge >= 0.3 is 0 Å². The molecule has 1 saturated carbocycles. The number of sulfonamides is 1. The van der Waals surface area contributed by atoms with Gasteiger partial charge in [-0.15, -0.1) is 0 Å². The maximum atomic E-state index is 12.9. The third-order valence-electron chi connectivity index (χ3n) is 6.17. The van der Waals surface area contributed by atoms with Crippen LogP contribution in [0.3, 0.4) is 0 Å². The molecular formula is C17H29N3O4S. The van der Waals surface area contributed by atoms with Gasteiger partial charge in [-0.2, -0.15) is 0 Å². The molecule has 4 fully saturated rings. The minimum Gasteiger partial charge on any atom is -0.381 e. The molecule has 0 aromatic heterocycles. The van der Waals surface area contributed by atoms with E-state index in [1.165, 1.54) is 0 Å². The third kappa shape index (κ3) is 3.59. The second kappa shape index (κ2) is 6.79. The van der Waals surface area contributed by atoms with Crippen LogP contribution in [0.5, 0.6) is 0 Å². The molecule has 0 radical (unpaired) electrons. The number of hydrogen-bond acceptors (Lipinski definition) is 5. The van der Waals surface area contributed by atoms with Crippen LogP contribution in [0.15, 0.2) is 0 Å². The predicted octanol–water partition coefficient (Wildman–Crippen LogP) is 0.360. The number of amides is 1. The average molecular weight is 372 g/mol. The summed E-state index contributed by atoms with van der Waals surface area (Å²) in [5.41, 5.74) is -0.510. The average Bonchev–Trinajstić information content (AvgIpc) is 3.33. The van der Waals surface area contributed by atoms with Gasteiger partial charge in [-0.3, -0.25) is 9.69 Å². The second-order valence-electron chi connectivity index (χ2n) is 8.06. The lowest BCUT2D eigenvalue weighted by Gasteiger charge is -2.40. The monoisotopic (exact) mass is 371 g/mol. The number of nitrogens with zero attached hydrogens (tertiary/aromatic N) is 1. The molecule has 4 rings (SSSR count). The van der Waals surface area contributed by atoms with Crippen LogP contribution >= 0.6 is 0 Å². The maximum absolute atomic E-state index is 12.9. The molecule has 0 aromatic carbocycles. The molecular weight excluding hydrogens is 342 g/mol. The SMILES string of the molecule is O=C(NC1CC1)[C@@]12CCCCN1C[C@@H](NS(=O)(=O)C1CCOCC1)C2. The van der Waals surface area contributed by atoms with Gasteiger partial charge in [-0.1, -0.05) is 0 Å². The molecule has 3 saturated heterocycles. The number of nitrogens with one attached hydrogen (secondary N) is 2. The number of fused-ring (bicyclic) bond motifs is 1. The molecule has 4 aliphatic rings. The largest absolute Gasteiger partial charge is 0.381 e. The number of carbonyl (C=O) groups excluding carboxylic acids is 1. The Morgan fingerprint density at radius 3 is 2.56 bits per heavy atom. The van der Waals surface area contributed by atoms with Crippen molar-refractivity contribution in [1.29, 1.82) is 0 Å². The summed E-state index contributed by atoms with van der Waals surface area (Å²) in [6.07, 6.45) is 6.79. The molecule has 25 heavy (non-hydrogen) atoms. The Bertz CT molecular complexity index is 615. The van der Waals surface area contributed by atoms with E-state index in [1.807, 2.05) is 0 Å². The molecule has 0 bridgehead atoms. The zero-order valence-electron chi connectivity index (χ0n) is 14.7. The summed E-state index contributed by atoms with van der Waals surface area (Å²) in [6.45, 7) is 2.54. The molecule has 142 valence electrons. The highest BCUT2D eigenvalue weighted by molar-refractivity contribution is 7.90. The van der Waals surface area contributed by atoms with Crippen molar-refractivity contribution in [3.8, 4) is 0 Å². The predicted molar refractivity (Wildman–Crippen MR) is 93.6 cm³/mol. The normalized spacial score (nSPS) is 34.6. The van der Waals surface area contributed by atoms with E-state index in [1.54, 1.807) is 0 Å². The number of rotatable bonds is 5. The van der Waals surface area contributed by atoms with Crippen molar-refractivity contribution >= 4 is 15.9 Å². The van der Waals surface area contributed by atoms with Crippen LogP contribution in [-0.4, -0.2) is 68.4 Å². The van der Waals surface area contributed by atoms with E-state index in [0.717, 1.165) is 38.6 Å². The summed E-state index contributed by atoms with van der Waals surface area (Å²) in [6, 6.07) is 0.166. The highest BCUT2D eigenvalue weighted by Gasteiger charge is 2.53. The summed E-state index contributed by atoms with van der Waals surface area (Å²) in [7, 11) is -3.36. The second-order valence-corrected chi connectivity index (χ2v) is 10.1. The van der Waals surface area contributed by atoms with Crippen molar-refractivity contribution in [1.82, 2.24) is 14.9 Å². The summed E-state index contributed by atoms with van der Waals surface area (Å²) < 4.78 is 33.7. The Balaban J connectivity index is 1.46. The van der Waals surface area contributed by atoms with Crippen LogP contribution in [0.2, 0.25) is 0 Å². The van der Waals surface area contributed by atoms with Crippen LogP contribution in [0.4, 0.5) is 0 Å². The van der Waals surface area contributed by atoms with Gasteiger partial charge in [-0.05, 0) is 57.9 Å². The van der Waals surface area contributed by atoms with Crippen LogP contribution in [-0.2, 0) is 19.6 Å². The molecule has 2 N–H and O–H groups in total. The summed E-state index contributed by atoms with van der Waals surface area (Å²) in [4.78, 5) is 15.1. The molecule has 0 aromatic rings. The van der Waals surface area contributed by atoms with Gasteiger partial charge in [0.05, 0.1) is 5.25 Å². The van der Waals surface area contributed by atoms with Gasteiger partial charge in [0.1, 0.15) is 5.54 Å². The van der Waals surface area contributed by atoms with Gasteiger partial charge in [0, 0.05) is 31.8 Å². The smallest absolute Gasteiger partial charge is 0.240 e. The zero-order valence-corrected chi connectivity index (χ0v) is 15.5. The van der Waals surface area contributed by atoms with Gasteiger partial charge in [0.2, 0.25) is 15.9 Å². The number of carbonyl (C=O) groups is 1. The number of ether oxygens (including phenoxy) is 1. The lowest BCUT2D eigenvalue weighted by molar-refractivity contribution is -0.134. The first-order valence-corrected chi connectivity index (χ1v) is 11.2. The van der Waals surface area contributed by atoms with Crippen molar-refractivity contribution in [3.05, 3.63) is 0 Å². The van der Waals surface area contributed by atoms with Crippen molar-refractivity contribution in [2.24, 2.45) is 0 Å². The van der Waals surface area contributed by atoms with E-state index in [2.05, 4.69) is 14.9 Å². The molecule has 1 amide bonds. The fourth-order valence-electron chi connectivity index (χ4n) is 4.62. The number of hydrogen-bond donors (Lipinski definition) is 2. The first-order valence-electron chi connectivity index (χ1n) is 9.64. The van der Waals surface area contributed by atoms with Crippen molar-refractivity contribution in [3.63, 3.8) is 0 Å². The summed E-state index contributed by atoms with van der Waals surface area (Å²) in [5.74, 6) is 0.113. The van der Waals surface area contributed by atoms with Crippen molar-refractivity contribution in [2.75, 3.05) is 26.3 Å². The molecule has 7 nitrogen and oxygen atoms in total. The summed E-state index contributed by atoms with van der Waals surface area (Å²) >= 11 is 0. The van der Waals surface area contributed by atoms with Gasteiger partial charge in [0.15, 0.2) is 0 Å². The van der Waals surface area contributed by atoms with E-state index >= 15 is 0 Å². The van der Waals surface area contributed by atoms with Gasteiger partial charge in [-0.25, -0.2) is 13.1 Å². The van der Waals surface area contributed by atoms with Crippen LogP contribution in [0.25, 0.3) is 0 Å². The highest BCUT2D eigenvalue weighted by Crippen LogP contribution is 2.39. The first-order chi connectivity index (χ1) is 12.0. The molecule has 2 atom stereocenters. The van der Waals surface area contributed by atoms with Crippen LogP contribution in [0, 0.1) is 0 Å². The van der Waals surface area contributed by atoms with Gasteiger partial charge in [0.25, 0.3) is 0 Å². The number of piperidine rings is 1. The highest BCUT2D eigenvalue weighted by atomic mass is 32.2. The van der Waals surface area contributed by atoms with Crippen molar-refractivity contribution in [2.45, 2.75) is 74.2 Å². The Morgan fingerprint density at radius 2 is 1.84 bits per heavy atom. The molecule has 0 unspecified atom stereocenters. The van der Waals surface area contributed by atoms with E-state index in [9.17, 15) is 13.2 Å². The standard InChI is InChI=1S/C17H29N3O4S/c21-16(18-13-3-4-13)17-7-1-2-8-20(17)12-14(11-17)19-25(22,23)15-5-9-24-10-6-15/h13-15,19H,1-12H2,(H,18,21)/t14-,17-/m0/s1. The lowest BCUT2D eigenvalue weighted by Crippen LogP contribution is -2.57. The first kappa shape index (κ1) is 17.7. The quantitative estimate of drug-likeness (QED) is 0.729. The minimum atomic E-state index is -3.36.